The number of rotatable bonds is 10. The van der Waals surface area contributed by atoms with Crippen LogP contribution in [0.25, 0.3) is 0 Å². The molecule has 184 valence electrons. The normalized spacial score (nSPS) is 14.0. The number of halogens is 1. The van der Waals surface area contributed by atoms with Crippen molar-refractivity contribution in [3.05, 3.63) is 82.4 Å². The molecular weight excluding hydrogens is 486 g/mol. The molecule has 0 radical (unpaired) electrons. The van der Waals surface area contributed by atoms with Crippen LogP contribution in [0.3, 0.4) is 0 Å². The van der Waals surface area contributed by atoms with Crippen LogP contribution in [-0.2, 0) is 22.7 Å². The molecule has 1 saturated heterocycles. The van der Waals surface area contributed by atoms with Crippen molar-refractivity contribution in [2.75, 3.05) is 32.9 Å². The van der Waals surface area contributed by atoms with E-state index in [9.17, 15) is 4.79 Å². The molecule has 1 heterocycles. The number of carboxylic acids is 1. The first-order valence-electron chi connectivity index (χ1n) is 11.4. The maximum atomic E-state index is 10.8. The van der Waals surface area contributed by atoms with E-state index in [0.717, 1.165) is 59.5 Å². The number of hydrogen-bond acceptors (Lipinski definition) is 6. The molecule has 0 aromatic heterocycles. The molecule has 35 heavy (non-hydrogen) atoms. The predicted molar refractivity (Wildman–Crippen MR) is 137 cm³/mol. The third kappa shape index (κ3) is 7.90. The predicted octanol–water partition coefficient (Wildman–Crippen LogP) is 5.67. The van der Waals surface area contributed by atoms with Gasteiger partial charge >= 0.3 is 5.97 Å². The van der Waals surface area contributed by atoms with E-state index in [1.54, 1.807) is 11.8 Å². The van der Waals surface area contributed by atoms with Crippen LogP contribution >= 0.6 is 23.4 Å². The van der Waals surface area contributed by atoms with Gasteiger partial charge in [0.15, 0.2) is 6.61 Å². The van der Waals surface area contributed by atoms with Crippen LogP contribution in [0.2, 0.25) is 5.02 Å². The van der Waals surface area contributed by atoms with E-state index in [0.29, 0.717) is 17.4 Å². The SMILES string of the molecule is Cc1cc(Sc2cc(CN3CCOCC3)cc(OCc3ccc(Cl)cc3)c2)ccc1OCC(=O)O. The Hall–Kier alpha value is -2.71. The van der Waals surface area contributed by atoms with E-state index in [-0.39, 0.29) is 6.61 Å². The molecule has 0 bridgehead atoms. The summed E-state index contributed by atoms with van der Waals surface area (Å²) in [6, 6.07) is 19.8. The van der Waals surface area contributed by atoms with Crippen molar-refractivity contribution in [1.29, 1.82) is 0 Å². The molecule has 0 amide bonds. The molecule has 1 aliphatic rings. The van der Waals surface area contributed by atoms with Crippen molar-refractivity contribution in [2.45, 2.75) is 29.9 Å². The monoisotopic (exact) mass is 513 g/mol. The number of hydrogen-bond donors (Lipinski definition) is 1. The Kier molecular flexibility index (Phi) is 8.93. The summed E-state index contributed by atoms with van der Waals surface area (Å²) in [7, 11) is 0. The lowest BCUT2D eigenvalue weighted by atomic mass is 10.2. The fourth-order valence-electron chi connectivity index (χ4n) is 3.75. The Bertz CT molecular complexity index is 1150. The second-order valence-electron chi connectivity index (χ2n) is 8.33. The standard InChI is InChI=1S/C27H28ClNO5S/c1-19-12-24(6-7-26(19)34-18-27(30)31)35-25-14-21(16-29-8-10-32-11-9-29)13-23(15-25)33-17-20-2-4-22(28)5-3-20/h2-7,12-15H,8-11,16-18H2,1H3,(H,30,31). The summed E-state index contributed by atoms with van der Waals surface area (Å²) in [6.45, 7) is 6.17. The van der Waals surface area contributed by atoms with Crippen LogP contribution in [0.15, 0.2) is 70.5 Å². The summed E-state index contributed by atoms with van der Waals surface area (Å²) in [5.74, 6) is 0.391. The van der Waals surface area contributed by atoms with Gasteiger partial charge in [-0.05, 0) is 72.1 Å². The molecule has 1 aliphatic heterocycles. The van der Waals surface area contributed by atoms with Crippen LogP contribution in [0.5, 0.6) is 11.5 Å². The topological polar surface area (TPSA) is 68.2 Å². The van der Waals surface area contributed by atoms with Gasteiger partial charge in [-0.15, -0.1) is 0 Å². The minimum absolute atomic E-state index is 0.356. The Morgan fingerprint density at radius 3 is 2.49 bits per heavy atom. The summed E-state index contributed by atoms with van der Waals surface area (Å²) in [5, 5.41) is 9.56. The van der Waals surface area contributed by atoms with Crippen molar-refractivity contribution >= 4 is 29.3 Å². The fraction of sp³-hybridized carbons (Fsp3) is 0.296. The first kappa shape index (κ1) is 25.4. The molecule has 6 nitrogen and oxygen atoms in total. The van der Waals surface area contributed by atoms with Crippen LogP contribution in [0.4, 0.5) is 0 Å². The molecular formula is C27H28ClNO5S. The van der Waals surface area contributed by atoms with Gasteiger partial charge in [-0.2, -0.15) is 0 Å². The van der Waals surface area contributed by atoms with E-state index in [1.165, 1.54) is 5.56 Å². The van der Waals surface area contributed by atoms with Crippen LogP contribution in [0.1, 0.15) is 16.7 Å². The maximum absolute atomic E-state index is 10.8. The van der Waals surface area contributed by atoms with E-state index in [1.807, 2.05) is 55.5 Å². The van der Waals surface area contributed by atoms with Crippen molar-refractivity contribution in [3.63, 3.8) is 0 Å². The van der Waals surface area contributed by atoms with Crippen molar-refractivity contribution in [1.82, 2.24) is 4.90 Å². The molecule has 4 rings (SSSR count). The molecule has 0 unspecified atom stereocenters. The number of morpholine rings is 1. The maximum Gasteiger partial charge on any atom is 0.341 e. The van der Waals surface area contributed by atoms with Gasteiger partial charge in [0.05, 0.1) is 13.2 Å². The Balaban J connectivity index is 1.51. The van der Waals surface area contributed by atoms with Gasteiger partial charge in [0.1, 0.15) is 18.1 Å². The average Bonchev–Trinajstić information content (AvgIpc) is 2.84. The summed E-state index contributed by atoms with van der Waals surface area (Å²) in [5.41, 5.74) is 3.12. The Morgan fingerprint density at radius 2 is 1.77 bits per heavy atom. The number of aryl methyl sites for hydroxylation is 1. The fourth-order valence-corrected chi connectivity index (χ4v) is 4.91. The average molecular weight is 514 g/mol. The zero-order valence-electron chi connectivity index (χ0n) is 19.5. The van der Waals surface area contributed by atoms with Gasteiger partial charge in [-0.25, -0.2) is 4.79 Å². The van der Waals surface area contributed by atoms with Gasteiger partial charge in [-0.1, -0.05) is 35.5 Å². The highest BCUT2D eigenvalue weighted by atomic mass is 35.5. The second-order valence-corrected chi connectivity index (χ2v) is 9.91. The molecule has 8 heteroatoms. The number of nitrogens with zero attached hydrogens (tertiary/aromatic N) is 1. The number of carbonyl (C=O) groups is 1. The third-order valence-corrected chi connectivity index (χ3v) is 6.71. The largest absolute Gasteiger partial charge is 0.489 e. The lowest BCUT2D eigenvalue weighted by Crippen LogP contribution is -2.35. The third-order valence-electron chi connectivity index (χ3n) is 5.50. The quantitative estimate of drug-likeness (QED) is 0.374. The molecule has 0 atom stereocenters. The minimum atomic E-state index is -0.994. The molecule has 0 saturated carbocycles. The van der Waals surface area contributed by atoms with Crippen molar-refractivity contribution in [3.8, 4) is 11.5 Å². The molecule has 3 aromatic carbocycles. The second kappa shape index (κ2) is 12.3. The van der Waals surface area contributed by atoms with Crippen LogP contribution < -0.4 is 9.47 Å². The highest BCUT2D eigenvalue weighted by Crippen LogP contribution is 2.34. The summed E-state index contributed by atoms with van der Waals surface area (Å²) in [4.78, 5) is 15.3. The lowest BCUT2D eigenvalue weighted by Gasteiger charge is -2.27. The first-order chi connectivity index (χ1) is 16.9. The summed E-state index contributed by atoms with van der Waals surface area (Å²) < 4.78 is 17.0. The zero-order chi connectivity index (χ0) is 24.6. The number of carboxylic acid groups (broad SMARTS) is 1. The molecule has 3 aromatic rings. The first-order valence-corrected chi connectivity index (χ1v) is 12.6. The van der Waals surface area contributed by atoms with E-state index in [4.69, 9.17) is 30.9 Å². The van der Waals surface area contributed by atoms with Gasteiger partial charge in [0.2, 0.25) is 0 Å². The van der Waals surface area contributed by atoms with Gasteiger partial charge in [0, 0.05) is 34.4 Å². The van der Waals surface area contributed by atoms with Gasteiger partial charge in [0.25, 0.3) is 0 Å². The van der Waals surface area contributed by atoms with Gasteiger partial charge < -0.3 is 19.3 Å². The highest BCUT2D eigenvalue weighted by molar-refractivity contribution is 7.99. The van der Waals surface area contributed by atoms with Crippen LogP contribution in [0, 0.1) is 6.92 Å². The minimum Gasteiger partial charge on any atom is -0.489 e. The number of benzene rings is 3. The van der Waals surface area contributed by atoms with E-state index in [2.05, 4.69) is 17.0 Å². The van der Waals surface area contributed by atoms with Gasteiger partial charge in [-0.3, -0.25) is 4.90 Å². The summed E-state index contributed by atoms with van der Waals surface area (Å²) >= 11 is 7.64. The summed E-state index contributed by atoms with van der Waals surface area (Å²) in [6.07, 6.45) is 0. The lowest BCUT2D eigenvalue weighted by molar-refractivity contribution is -0.139. The number of aliphatic carboxylic acids is 1. The smallest absolute Gasteiger partial charge is 0.341 e. The van der Waals surface area contributed by atoms with Crippen LogP contribution in [-0.4, -0.2) is 48.9 Å². The zero-order valence-corrected chi connectivity index (χ0v) is 21.1. The molecule has 0 aliphatic carbocycles. The van der Waals surface area contributed by atoms with Crippen molar-refractivity contribution in [2.24, 2.45) is 0 Å². The molecule has 0 spiro atoms. The van der Waals surface area contributed by atoms with Crippen molar-refractivity contribution < 1.29 is 24.1 Å². The van der Waals surface area contributed by atoms with E-state index >= 15 is 0 Å². The molecule has 1 fully saturated rings. The Morgan fingerprint density at radius 1 is 1.00 bits per heavy atom. The Labute approximate surface area is 214 Å². The molecule has 1 N–H and O–H groups in total. The van der Waals surface area contributed by atoms with E-state index < -0.39 is 5.97 Å². The highest BCUT2D eigenvalue weighted by Gasteiger charge is 2.13. The number of ether oxygens (including phenoxy) is 3.